The van der Waals surface area contributed by atoms with Gasteiger partial charge in [-0.3, -0.25) is 9.58 Å². The summed E-state index contributed by atoms with van der Waals surface area (Å²) in [6, 6.07) is 5.77. The zero-order chi connectivity index (χ0) is 16.4. The van der Waals surface area contributed by atoms with E-state index in [1.54, 1.807) is 21.7 Å². The van der Waals surface area contributed by atoms with E-state index >= 15 is 0 Å². The average molecular weight is 328 g/mol. The second kappa shape index (κ2) is 6.54. The first-order valence-corrected chi connectivity index (χ1v) is 8.08. The second-order valence-corrected chi connectivity index (χ2v) is 5.99. The molecule has 1 N–H and O–H groups in total. The molecular weight excluding hydrogens is 308 g/mol. The van der Waals surface area contributed by atoms with Crippen molar-refractivity contribution in [3.05, 3.63) is 36.9 Å². The summed E-state index contributed by atoms with van der Waals surface area (Å²) in [4.78, 5) is 4.53. The quantitative estimate of drug-likeness (QED) is 0.676. The van der Waals surface area contributed by atoms with Gasteiger partial charge in [-0.2, -0.15) is 9.61 Å². The van der Waals surface area contributed by atoms with Gasteiger partial charge in [0.15, 0.2) is 5.65 Å². The van der Waals surface area contributed by atoms with E-state index in [2.05, 4.69) is 30.2 Å². The minimum Gasteiger partial charge on any atom is -0.390 e. The zero-order valence-electron chi connectivity index (χ0n) is 13.3. The molecule has 3 aromatic heterocycles. The number of piperazine rings is 1. The normalized spacial score (nSPS) is 17.5. The molecule has 24 heavy (non-hydrogen) atoms. The topological polar surface area (TPSA) is 87.6 Å². The Labute approximate surface area is 139 Å². The van der Waals surface area contributed by atoms with Gasteiger partial charge in [0.1, 0.15) is 12.1 Å². The summed E-state index contributed by atoms with van der Waals surface area (Å²) in [5, 5.41) is 26.7. The van der Waals surface area contributed by atoms with E-state index in [9.17, 15) is 5.11 Å². The van der Waals surface area contributed by atoms with Crippen molar-refractivity contribution in [2.45, 2.75) is 12.6 Å². The van der Waals surface area contributed by atoms with Crippen molar-refractivity contribution >= 4 is 11.5 Å². The van der Waals surface area contributed by atoms with Crippen LogP contribution >= 0.6 is 0 Å². The molecule has 1 aliphatic heterocycles. The Morgan fingerprint density at radius 3 is 2.79 bits per heavy atom. The molecule has 1 fully saturated rings. The highest BCUT2D eigenvalue weighted by atomic mass is 16.3. The monoisotopic (exact) mass is 328 g/mol. The van der Waals surface area contributed by atoms with E-state index in [0.29, 0.717) is 13.1 Å². The lowest BCUT2D eigenvalue weighted by atomic mass is 10.2. The van der Waals surface area contributed by atoms with E-state index in [4.69, 9.17) is 0 Å². The van der Waals surface area contributed by atoms with E-state index in [-0.39, 0.29) is 0 Å². The van der Waals surface area contributed by atoms with Crippen molar-refractivity contribution in [2.24, 2.45) is 0 Å². The number of aromatic nitrogens is 6. The van der Waals surface area contributed by atoms with Gasteiger partial charge in [-0.15, -0.1) is 15.3 Å². The first-order chi connectivity index (χ1) is 11.8. The maximum Gasteiger partial charge on any atom is 0.177 e. The van der Waals surface area contributed by atoms with Crippen LogP contribution < -0.4 is 4.90 Å². The Morgan fingerprint density at radius 2 is 2.00 bits per heavy atom. The van der Waals surface area contributed by atoms with Crippen molar-refractivity contribution in [2.75, 3.05) is 37.6 Å². The molecule has 0 aliphatic carbocycles. The molecule has 9 nitrogen and oxygen atoms in total. The number of nitrogens with zero attached hydrogens (tertiary/aromatic N) is 8. The van der Waals surface area contributed by atoms with E-state index < -0.39 is 6.10 Å². The van der Waals surface area contributed by atoms with Crippen molar-refractivity contribution in [1.29, 1.82) is 0 Å². The predicted molar refractivity (Wildman–Crippen MR) is 87.7 cm³/mol. The van der Waals surface area contributed by atoms with E-state index in [1.807, 2.05) is 24.4 Å². The smallest absolute Gasteiger partial charge is 0.177 e. The molecule has 0 aromatic carbocycles. The fourth-order valence-electron chi connectivity index (χ4n) is 3.03. The summed E-state index contributed by atoms with van der Waals surface area (Å²) in [7, 11) is 0. The molecule has 126 valence electrons. The van der Waals surface area contributed by atoms with E-state index in [0.717, 1.165) is 37.6 Å². The standard InChI is InChI=1S/C15H20N8O/c24-13(11-22-5-1-4-17-22)10-20-6-8-21(9-7-20)15-3-2-14-18-16-12-23(14)19-15/h1-5,12-13,24H,6-11H2/t13-/m0/s1. The number of fused-ring (bicyclic) bond motifs is 1. The molecule has 0 unspecified atom stereocenters. The Kier molecular flexibility index (Phi) is 4.09. The number of aliphatic hydroxyl groups is 1. The van der Waals surface area contributed by atoms with Gasteiger partial charge < -0.3 is 10.0 Å². The average Bonchev–Trinajstić information content (AvgIpc) is 3.26. The number of aliphatic hydroxyl groups excluding tert-OH is 1. The van der Waals surface area contributed by atoms with Crippen LogP contribution in [0.15, 0.2) is 36.9 Å². The highest BCUT2D eigenvalue weighted by Crippen LogP contribution is 2.14. The van der Waals surface area contributed by atoms with Gasteiger partial charge in [-0.1, -0.05) is 0 Å². The highest BCUT2D eigenvalue weighted by molar-refractivity contribution is 5.45. The third-order valence-electron chi connectivity index (χ3n) is 4.27. The number of hydrogen-bond donors (Lipinski definition) is 1. The number of rotatable bonds is 5. The van der Waals surface area contributed by atoms with Gasteiger partial charge in [0.2, 0.25) is 0 Å². The van der Waals surface area contributed by atoms with Gasteiger partial charge in [-0.05, 0) is 18.2 Å². The summed E-state index contributed by atoms with van der Waals surface area (Å²) in [6.07, 6.45) is 4.79. The number of β-amino-alcohol motifs (C(OH)–C–C–N with tert-alkyl or cyclic N) is 1. The van der Waals surface area contributed by atoms with Crippen LogP contribution in [0.2, 0.25) is 0 Å². The Bertz CT molecular complexity index is 778. The van der Waals surface area contributed by atoms with Crippen LogP contribution in [-0.2, 0) is 6.54 Å². The molecule has 0 amide bonds. The molecule has 0 radical (unpaired) electrons. The second-order valence-electron chi connectivity index (χ2n) is 5.99. The predicted octanol–water partition coefficient (Wildman–Crippen LogP) is -0.496. The highest BCUT2D eigenvalue weighted by Gasteiger charge is 2.20. The SMILES string of the molecule is O[C@@H](CN1CCN(c2ccc3nncn3n2)CC1)Cn1cccn1. The molecule has 4 rings (SSSR count). The lowest BCUT2D eigenvalue weighted by Gasteiger charge is -2.36. The van der Waals surface area contributed by atoms with Crippen molar-refractivity contribution in [1.82, 2.24) is 34.5 Å². The molecule has 0 bridgehead atoms. The van der Waals surface area contributed by atoms with Crippen LogP contribution in [0, 0.1) is 0 Å². The van der Waals surface area contributed by atoms with Crippen LogP contribution in [0.5, 0.6) is 0 Å². The van der Waals surface area contributed by atoms with Gasteiger partial charge in [0, 0.05) is 45.1 Å². The number of anilines is 1. The molecule has 0 saturated carbocycles. The summed E-state index contributed by atoms with van der Waals surface area (Å²) >= 11 is 0. The summed E-state index contributed by atoms with van der Waals surface area (Å²) in [5.41, 5.74) is 0.749. The fourth-order valence-corrected chi connectivity index (χ4v) is 3.03. The molecule has 1 atom stereocenters. The van der Waals surface area contributed by atoms with Gasteiger partial charge >= 0.3 is 0 Å². The Hall–Kier alpha value is -2.52. The first-order valence-electron chi connectivity index (χ1n) is 8.08. The maximum atomic E-state index is 10.2. The summed E-state index contributed by atoms with van der Waals surface area (Å²) in [6.45, 7) is 4.76. The third kappa shape index (κ3) is 3.22. The van der Waals surface area contributed by atoms with Crippen LogP contribution in [0.1, 0.15) is 0 Å². The van der Waals surface area contributed by atoms with Crippen LogP contribution in [0.25, 0.3) is 5.65 Å². The summed E-state index contributed by atoms with van der Waals surface area (Å²) in [5.74, 6) is 0.930. The molecule has 1 aliphatic rings. The Balaban J connectivity index is 1.31. The third-order valence-corrected chi connectivity index (χ3v) is 4.27. The van der Waals surface area contributed by atoms with Crippen molar-refractivity contribution in [3.63, 3.8) is 0 Å². The zero-order valence-corrected chi connectivity index (χ0v) is 13.3. The minimum absolute atomic E-state index is 0.414. The molecular formula is C15H20N8O. The van der Waals surface area contributed by atoms with E-state index in [1.165, 1.54) is 0 Å². The van der Waals surface area contributed by atoms with Crippen molar-refractivity contribution in [3.8, 4) is 0 Å². The Morgan fingerprint density at radius 1 is 1.12 bits per heavy atom. The largest absolute Gasteiger partial charge is 0.390 e. The fraction of sp³-hybridized carbons (Fsp3) is 0.467. The van der Waals surface area contributed by atoms with Gasteiger partial charge in [0.05, 0.1) is 12.6 Å². The van der Waals surface area contributed by atoms with Crippen LogP contribution in [0.4, 0.5) is 5.82 Å². The molecule has 0 spiro atoms. The first kappa shape index (κ1) is 15.0. The molecule has 3 aromatic rings. The van der Waals surface area contributed by atoms with Gasteiger partial charge in [-0.25, -0.2) is 0 Å². The minimum atomic E-state index is -0.414. The maximum absolute atomic E-state index is 10.2. The molecule has 4 heterocycles. The number of hydrogen-bond acceptors (Lipinski definition) is 7. The lowest BCUT2D eigenvalue weighted by Crippen LogP contribution is -2.49. The lowest BCUT2D eigenvalue weighted by molar-refractivity contribution is 0.0920. The summed E-state index contributed by atoms with van der Waals surface area (Å²) < 4.78 is 3.45. The van der Waals surface area contributed by atoms with Gasteiger partial charge in [0.25, 0.3) is 0 Å². The molecule has 9 heteroatoms. The van der Waals surface area contributed by atoms with Crippen LogP contribution in [0.3, 0.4) is 0 Å². The molecule has 1 saturated heterocycles. The van der Waals surface area contributed by atoms with Crippen molar-refractivity contribution < 1.29 is 5.11 Å². The van der Waals surface area contributed by atoms with Crippen LogP contribution in [-0.4, -0.2) is 78.4 Å².